The topological polar surface area (TPSA) is 12.9 Å². The fourth-order valence-corrected chi connectivity index (χ4v) is 2.60. The molecule has 1 heterocycles. The zero-order chi connectivity index (χ0) is 10.3. The molecule has 2 rings (SSSR count). The van der Waals surface area contributed by atoms with Gasteiger partial charge in [-0.1, -0.05) is 22.0 Å². The minimum Gasteiger partial charge on any atom is -0.253 e. The smallest absolute Gasteiger partial charge is 0.0727 e. The van der Waals surface area contributed by atoms with Crippen molar-refractivity contribution < 1.29 is 0 Å². The van der Waals surface area contributed by atoms with E-state index in [4.69, 9.17) is 0 Å². The predicted molar refractivity (Wildman–Crippen MR) is 71.6 cm³/mol. The highest BCUT2D eigenvalue weighted by Crippen LogP contribution is 2.26. The largest absolute Gasteiger partial charge is 0.253 e. The summed E-state index contributed by atoms with van der Waals surface area (Å²) >= 11 is 5.84. The van der Waals surface area contributed by atoms with Crippen LogP contribution in [0.3, 0.4) is 0 Å². The average molecular weight is 362 g/mol. The monoisotopic (exact) mass is 361 g/mol. The van der Waals surface area contributed by atoms with Gasteiger partial charge in [-0.3, -0.25) is 4.98 Å². The molecule has 0 fully saturated rings. The molecule has 14 heavy (non-hydrogen) atoms. The Bertz CT molecular complexity index is 508. The number of halogens is 2. The molecule has 0 unspecified atom stereocenters. The molecule has 3 heteroatoms. The normalized spacial score (nSPS) is 10.9. The van der Waals surface area contributed by atoms with E-state index in [0.717, 1.165) is 15.7 Å². The Morgan fingerprint density at radius 2 is 2.00 bits per heavy atom. The Morgan fingerprint density at radius 3 is 2.71 bits per heavy atom. The summed E-state index contributed by atoms with van der Waals surface area (Å²) in [4.78, 5) is 4.56. The summed E-state index contributed by atoms with van der Waals surface area (Å²) < 4.78 is 2.38. The molecule has 0 radical (unpaired) electrons. The summed E-state index contributed by atoms with van der Waals surface area (Å²) in [5.74, 6) is 0. The van der Waals surface area contributed by atoms with Gasteiger partial charge in [0.25, 0.3) is 0 Å². The van der Waals surface area contributed by atoms with Gasteiger partial charge in [0.1, 0.15) is 0 Å². The molecule has 0 saturated carbocycles. The molecule has 0 saturated heterocycles. The Hall–Kier alpha value is -0.160. The van der Waals surface area contributed by atoms with Crippen molar-refractivity contribution in [3.05, 3.63) is 37.5 Å². The van der Waals surface area contributed by atoms with Gasteiger partial charge in [-0.25, -0.2) is 0 Å². The lowest BCUT2D eigenvalue weighted by Crippen LogP contribution is -1.93. The molecule has 1 aromatic heterocycles. The van der Waals surface area contributed by atoms with Gasteiger partial charge in [0.15, 0.2) is 0 Å². The van der Waals surface area contributed by atoms with E-state index >= 15 is 0 Å². The van der Waals surface area contributed by atoms with Crippen LogP contribution in [0.15, 0.2) is 22.7 Å². The second kappa shape index (κ2) is 3.77. The number of hydrogen-bond acceptors (Lipinski definition) is 1. The van der Waals surface area contributed by atoms with Gasteiger partial charge >= 0.3 is 0 Å². The van der Waals surface area contributed by atoms with Crippen molar-refractivity contribution in [2.24, 2.45) is 0 Å². The highest BCUT2D eigenvalue weighted by Gasteiger charge is 2.06. The molecular weight excluding hydrogens is 353 g/mol. The van der Waals surface area contributed by atoms with Crippen molar-refractivity contribution in [1.29, 1.82) is 0 Å². The Morgan fingerprint density at radius 1 is 1.29 bits per heavy atom. The van der Waals surface area contributed by atoms with Crippen molar-refractivity contribution in [2.45, 2.75) is 13.8 Å². The molecule has 0 aliphatic carbocycles. The third kappa shape index (κ3) is 1.67. The molecule has 0 bridgehead atoms. The van der Waals surface area contributed by atoms with E-state index in [9.17, 15) is 0 Å². The molecule has 0 spiro atoms. The summed E-state index contributed by atoms with van der Waals surface area (Å²) in [5.41, 5.74) is 3.45. The molecule has 0 N–H and O–H groups in total. The molecule has 0 atom stereocenters. The third-order valence-electron chi connectivity index (χ3n) is 2.36. The number of nitrogens with zero attached hydrogens (tertiary/aromatic N) is 1. The lowest BCUT2D eigenvalue weighted by molar-refractivity contribution is 1.18. The van der Waals surface area contributed by atoms with Crippen molar-refractivity contribution >= 4 is 49.4 Å². The van der Waals surface area contributed by atoms with E-state index in [1.165, 1.54) is 14.5 Å². The first-order valence-electron chi connectivity index (χ1n) is 4.31. The second-order valence-corrected chi connectivity index (χ2v) is 5.29. The third-order valence-corrected chi connectivity index (χ3v) is 4.24. The van der Waals surface area contributed by atoms with Crippen LogP contribution >= 0.6 is 38.5 Å². The number of fused-ring (bicyclic) bond motifs is 1. The van der Waals surface area contributed by atoms with Crippen LogP contribution in [0.5, 0.6) is 0 Å². The standard InChI is InChI=1S/C11H9BrIN/c1-6-7(2)14-10-5-8(12)3-4-9(10)11(6)13/h3-5H,1-2H3. The van der Waals surface area contributed by atoms with Crippen LogP contribution in [0.2, 0.25) is 0 Å². The number of aromatic nitrogens is 1. The molecule has 2 aromatic rings. The molecule has 0 aliphatic rings. The number of hydrogen-bond donors (Lipinski definition) is 0. The molecule has 72 valence electrons. The fourth-order valence-electron chi connectivity index (χ4n) is 1.41. The maximum absolute atomic E-state index is 4.56. The number of pyridine rings is 1. The minimum atomic E-state index is 1.06. The van der Waals surface area contributed by atoms with Gasteiger partial charge in [-0.05, 0) is 54.1 Å². The Labute approximate surface area is 105 Å². The maximum Gasteiger partial charge on any atom is 0.0727 e. The van der Waals surface area contributed by atoms with Gasteiger partial charge in [0, 0.05) is 19.1 Å². The summed E-state index contributed by atoms with van der Waals surface area (Å²) in [7, 11) is 0. The zero-order valence-electron chi connectivity index (χ0n) is 7.94. The number of aryl methyl sites for hydroxylation is 1. The van der Waals surface area contributed by atoms with Crippen LogP contribution in [0.4, 0.5) is 0 Å². The zero-order valence-corrected chi connectivity index (χ0v) is 11.7. The fraction of sp³-hybridized carbons (Fsp3) is 0.182. The minimum absolute atomic E-state index is 1.06. The number of benzene rings is 1. The average Bonchev–Trinajstić information content (AvgIpc) is 2.14. The molecule has 1 nitrogen and oxygen atoms in total. The van der Waals surface area contributed by atoms with Crippen LogP contribution in [-0.4, -0.2) is 4.98 Å². The van der Waals surface area contributed by atoms with Gasteiger partial charge in [-0.2, -0.15) is 0 Å². The van der Waals surface area contributed by atoms with Gasteiger partial charge in [-0.15, -0.1) is 0 Å². The van der Waals surface area contributed by atoms with Crippen LogP contribution in [0.1, 0.15) is 11.3 Å². The van der Waals surface area contributed by atoms with Crippen molar-refractivity contribution in [3.8, 4) is 0 Å². The first-order chi connectivity index (χ1) is 6.59. The van der Waals surface area contributed by atoms with Crippen LogP contribution in [0, 0.1) is 17.4 Å². The van der Waals surface area contributed by atoms with Crippen LogP contribution < -0.4 is 0 Å². The van der Waals surface area contributed by atoms with Crippen molar-refractivity contribution in [2.75, 3.05) is 0 Å². The van der Waals surface area contributed by atoms with E-state index in [0.29, 0.717) is 0 Å². The first kappa shape index (κ1) is 10.4. The first-order valence-corrected chi connectivity index (χ1v) is 6.18. The summed E-state index contributed by atoms with van der Waals surface area (Å²) in [6.07, 6.45) is 0. The van der Waals surface area contributed by atoms with E-state index in [1.807, 2.05) is 0 Å². The van der Waals surface area contributed by atoms with Gasteiger partial charge < -0.3 is 0 Å². The van der Waals surface area contributed by atoms with Crippen molar-refractivity contribution in [1.82, 2.24) is 4.98 Å². The van der Waals surface area contributed by atoms with Crippen LogP contribution in [0.25, 0.3) is 10.9 Å². The van der Waals surface area contributed by atoms with E-state index in [1.54, 1.807) is 0 Å². The van der Waals surface area contributed by atoms with Gasteiger partial charge in [0.2, 0.25) is 0 Å². The SMILES string of the molecule is Cc1nc2cc(Br)ccc2c(I)c1C. The Balaban J connectivity index is 2.91. The second-order valence-electron chi connectivity index (χ2n) is 3.30. The summed E-state index contributed by atoms with van der Waals surface area (Å²) in [6, 6.07) is 6.23. The quantitative estimate of drug-likeness (QED) is 0.640. The molecule has 0 amide bonds. The van der Waals surface area contributed by atoms with Crippen molar-refractivity contribution in [3.63, 3.8) is 0 Å². The lowest BCUT2D eigenvalue weighted by atomic mass is 10.1. The maximum atomic E-state index is 4.56. The van der Waals surface area contributed by atoms with E-state index in [-0.39, 0.29) is 0 Å². The number of rotatable bonds is 0. The molecular formula is C11H9BrIN. The van der Waals surface area contributed by atoms with E-state index < -0.39 is 0 Å². The summed E-state index contributed by atoms with van der Waals surface area (Å²) in [6.45, 7) is 4.17. The predicted octanol–water partition coefficient (Wildman–Crippen LogP) is 4.22. The lowest BCUT2D eigenvalue weighted by Gasteiger charge is -2.07. The van der Waals surface area contributed by atoms with E-state index in [2.05, 4.69) is 75.6 Å². The Kier molecular flexibility index (Phi) is 2.79. The highest BCUT2D eigenvalue weighted by atomic mass is 127. The van der Waals surface area contributed by atoms with Crippen LogP contribution in [-0.2, 0) is 0 Å². The van der Waals surface area contributed by atoms with Gasteiger partial charge in [0.05, 0.1) is 5.52 Å². The summed E-state index contributed by atoms with van der Waals surface area (Å²) in [5, 5.41) is 1.23. The molecule has 1 aromatic carbocycles. The highest BCUT2D eigenvalue weighted by molar-refractivity contribution is 14.1. The molecule has 0 aliphatic heterocycles.